The van der Waals surface area contributed by atoms with Crippen LogP contribution in [0, 0.1) is 0 Å². The number of carbonyl (C=O) groups is 1. The zero-order valence-electron chi connectivity index (χ0n) is 14.8. The van der Waals surface area contributed by atoms with E-state index in [4.69, 9.17) is 0 Å². The molecule has 6 nitrogen and oxygen atoms in total. The third kappa shape index (κ3) is 4.03. The number of nitrogens with zero attached hydrogens (tertiary/aromatic N) is 4. The van der Waals surface area contributed by atoms with Crippen LogP contribution in [0.25, 0.3) is 11.0 Å². The molecule has 0 bridgehead atoms. The normalized spacial score (nSPS) is 14.4. The molecule has 0 atom stereocenters. The summed E-state index contributed by atoms with van der Waals surface area (Å²) in [7, 11) is 0. The van der Waals surface area contributed by atoms with Gasteiger partial charge in [0, 0.05) is 48.7 Å². The number of piperazine rings is 1. The van der Waals surface area contributed by atoms with E-state index in [9.17, 15) is 4.79 Å². The zero-order chi connectivity index (χ0) is 18.6. The van der Waals surface area contributed by atoms with Gasteiger partial charge >= 0.3 is 0 Å². The predicted octanol–water partition coefficient (Wildman–Crippen LogP) is 3.15. The van der Waals surface area contributed by atoms with Crippen LogP contribution in [0.1, 0.15) is 0 Å². The number of nitrogens with one attached hydrogen (secondary N) is 1. The van der Waals surface area contributed by atoms with Gasteiger partial charge < -0.3 is 15.1 Å². The fraction of sp³-hybridized carbons (Fsp3) is 0.250. The van der Waals surface area contributed by atoms with E-state index < -0.39 is 0 Å². The number of halogens is 1. The SMILES string of the molecule is O=C(CNc1ccnc2cc(Br)cnc12)N1CCN(c2ccccc2)CC1. The van der Waals surface area contributed by atoms with Crippen LogP contribution in [0.5, 0.6) is 0 Å². The van der Waals surface area contributed by atoms with Crippen LogP contribution in [-0.2, 0) is 4.79 Å². The Labute approximate surface area is 166 Å². The molecule has 3 aromatic rings. The van der Waals surface area contributed by atoms with E-state index in [-0.39, 0.29) is 12.5 Å². The van der Waals surface area contributed by atoms with Crippen molar-refractivity contribution in [3.8, 4) is 0 Å². The lowest BCUT2D eigenvalue weighted by atomic mass is 10.2. The van der Waals surface area contributed by atoms with Crippen LogP contribution in [0.3, 0.4) is 0 Å². The van der Waals surface area contributed by atoms with E-state index in [0.29, 0.717) is 0 Å². The summed E-state index contributed by atoms with van der Waals surface area (Å²) in [4.78, 5) is 25.6. The molecule has 7 heteroatoms. The Bertz CT molecular complexity index is 942. The highest BCUT2D eigenvalue weighted by molar-refractivity contribution is 9.10. The minimum absolute atomic E-state index is 0.102. The summed E-state index contributed by atoms with van der Waals surface area (Å²) in [6, 6.07) is 14.1. The van der Waals surface area contributed by atoms with Crippen molar-refractivity contribution in [3.63, 3.8) is 0 Å². The van der Waals surface area contributed by atoms with Crippen molar-refractivity contribution in [2.45, 2.75) is 0 Å². The summed E-state index contributed by atoms with van der Waals surface area (Å²) in [6.45, 7) is 3.42. The summed E-state index contributed by atoms with van der Waals surface area (Å²) in [5, 5.41) is 3.22. The quantitative estimate of drug-likeness (QED) is 0.695. The summed E-state index contributed by atoms with van der Waals surface area (Å²) in [5.74, 6) is 0.102. The van der Waals surface area contributed by atoms with Gasteiger partial charge in [-0.3, -0.25) is 14.8 Å². The van der Waals surface area contributed by atoms with Gasteiger partial charge in [0.1, 0.15) is 5.52 Å². The van der Waals surface area contributed by atoms with Gasteiger partial charge in [-0.15, -0.1) is 0 Å². The molecule has 0 spiro atoms. The van der Waals surface area contributed by atoms with Crippen LogP contribution in [0.15, 0.2) is 59.3 Å². The Kier molecular flexibility index (Phi) is 5.20. The summed E-state index contributed by atoms with van der Waals surface area (Å²) in [5.41, 5.74) is 3.59. The molecule has 0 radical (unpaired) electrons. The van der Waals surface area contributed by atoms with Crippen molar-refractivity contribution in [3.05, 3.63) is 59.3 Å². The molecular formula is C20H20BrN5O. The van der Waals surface area contributed by atoms with Crippen LogP contribution in [0.4, 0.5) is 11.4 Å². The monoisotopic (exact) mass is 425 g/mol. The van der Waals surface area contributed by atoms with Gasteiger partial charge in [0.2, 0.25) is 5.91 Å². The van der Waals surface area contributed by atoms with E-state index in [1.165, 1.54) is 5.69 Å². The Morgan fingerprint density at radius 1 is 1.07 bits per heavy atom. The van der Waals surface area contributed by atoms with Crippen LogP contribution < -0.4 is 10.2 Å². The van der Waals surface area contributed by atoms with Gasteiger partial charge in [-0.1, -0.05) is 18.2 Å². The zero-order valence-corrected chi connectivity index (χ0v) is 16.4. The van der Waals surface area contributed by atoms with E-state index in [1.54, 1.807) is 12.4 Å². The topological polar surface area (TPSA) is 61.4 Å². The number of benzene rings is 1. The Morgan fingerprint density at radius 3 is 2.63 bits per heavy atom. The first kappa shape index (κ1) is 17.7. The molecule has 1 aromatic carbocycles. The van der Waals surface area contributed by atoms with Crippen LogP contribution >= 0.6 is 15.9 Å². The average Bonchev–Trinajstić information content (AvgIpc) is 2.72. The van der Waals surface area contributed by atoms with Crippen molar-refractivity contribution in [2.24, 2.45) is 0 Å². The number of carbonyl (C=O) groups excluding carboxylic acids is 1. The molecular weight excluding hydrogens is 406 g/mol. The molecule has 4 rings (SSSR count). The van der Waals surface area contributed by atoms with Gasteiger partial charge in [0.05, 0.1) is 17.7 Å². The van der Waals surface area contributed by atoms with Crippen molar-refractivity contribution in [1.29, 1.82) is 0 Å². The number of rotatable bonds is 4. The molecule has 2 aromatic heterocycles. The lowest BCUT2D eigenvalue weighted by molar-refractivity contribution is -0.129. The van der Waals surface area contributed by atoms with E-state index in [0.717, 1.165) is 47.4 Å². The third-order valence-corrected chi connectivity index (χ3v) is 5.16. The number of pyridine rings is 2. The molecule has 1 saturated heterocycles. The molecule has 3 heterocycles. The lowest BCUT2D eigenvalue weighted by Crippen LogP contribution is -2.50. The maximum absolute atomic E-state index is 12.6. The number of hydrogen-bond acceptors (Lipinski definition) is 5. The summed E-state index contributed by atoms with van der Waals surface area (Å²) >= 11 is 3.41. The molecule has 1 aliphatic heterocycles. The highest BCUT2D eigenvalue weighted by Crippen LogP contribution is 2.22. The largest absolute Gasteiger partial charge is 0.374 e. The van der Waals surface area contributed by atoms with E-state index in [2.05, 4.69) is 48.2 Å². The van der Waals surface area contributed by atoms with Crippen molar-refractivity contribution in [1.82, 2.24) is 14.9 Å². The van der Waals surface area contributed by atoms with Gasteiger partial charge in [-0.05, 0) is 40.2 Å². The number of hydrogen-bond donors (Lipinski definition) is 1. The van der Waals surface area contributed by atoms with Crippen molar-refractivity contribution in [2.75, 3.05) is 42.9 Å². The predicted molar refractivity (Wildman–Crippen MR) is 111 cm³/mol. The Morgan fingerprint density at radius 2 is 1.85 bits per heavy atom. The number of anilines is 2. The smallest absolute Gasteiger partial charge is 0.241 e. The highest BCUT2D eigenvalue weighted by Gasteiger charge is 2.21. The number of aromatic nitrogens is 2. The first-order valence-corrected chi connectivity index (χ1v) is 9.72. The Hall–Kier alpha value is -2.67. The molecule has 0 unspecified atom stereocenters. The molecule has 138 valence electrons. The maximum Gasteiger partial charge on any atom is 0.241 e. The van der Waals surface area contributed by atoms with Crippen molar-refractivity contribution < 1.29 is 4.79 Å². The molecule has 1 N–H and O–H groups in total. The molecule has 1 fully saturated rings. The third-order valence-electron chi connectivity index (χ3n) is 4.73. The standard InChI is InChI=1S/C20H20BrN5O/c21-15-12-18-20(24-13-15)17(6-7-22-18)23-14-19(27)26-10-8-25(9-11-26)16-4-2-1-3-5-16/h1-7,12-13H,8-11,14H2,(H,22,23). The fourth-order valence-electron chi connectivity index (χ4n) is 3.28. The second kappa shape index (κ2) is 7.92. The molecule has 1 amide bonds. The highest BCUT2D eigenvalue weighted by atomic mass is 79.9. The van der Waals surface area contributed by atoms with Gasteiger partial charge in [0.15, 0.2) is 0 Å². The number of amides is 1. The Balaban J connectivity index is 1.35. The second-order valence-corrected chi connectivity index (χ2v) is 7.35. The average molecular weight is 426 g/mol. The van der Waals surface area contributed by atoms with E-state index in [1.807, 2.05) is 35.2 Å². The first-order valence-electron chi connectivity index (χ1n) is 8.92. The van der Waals surface area contributed by atoms with Gasteiger partial charge in [0.25, 0.3) is 0 Å². The molecule has 27 heavy (non-hydrogen) atoms. The fourth-order valence-corrected chi connectivity index (χ4v) is 3.60. The minimum atomic E-state index is 0.102. The molecule has 0 aliphatic carbocycles. The molecule has 1 aliphatic rings. The molecule has 0 saturated carbocycles. The van der Waals surface area contributed by atoms with Gasteiger partial charge in [-0.2, -0.15) is 0 Å². The second-order valence-electron chi connectivity index (χ2n) is 6.44. The van der Waals surface area contributed by atoms with Gasteiger partial charge in [-0.25, -0.2) is 0 Å². The van der Waals surface area contributed by atoms with E-state index >= 15 is 0 Å². The maximum atomic E-state index is 12.6. The van der Waals surface area contributed by atoms with Crippen LogP contribution in [0.2, 0.25) is 0 Å². The number of fused-ring (bicyclic) bond motifs is 1. The summed E-state index contributed by atoms with van der Waals surface area (Å²) < 4.78 is 0.881. The number of para-hydroxylation sites is 1. The first-order chi connectivity index (χ1) is 13.2. The lowest BCUT2D eigenvalue weighted by Gasteiger charge is -2.36. The van der Waals surface area contributed by atoms with Crippen LogP contribution in [-0.4, -0.2) is 53.5 Å². The summed E-state index contributed by atoms with van der Waals surface area (Å²) in [6.07, 6.45) is 3.46. The van der Waals surface area contributed by atoms with Crippen molar-refractivity contribution >= 4 is 44.2 Å². The minimum Gasteiger partial charge on any atom is -0.374 e.